The number of aryl methyl sites for hydroxylation is 3. The number of hydrogen-bond donors (Lipinski definition) is 1. The summed E-state index contributed by atoms with van der Waals surface area (Å²) in [5.41, 5.74) is 5.39. The minimum atomic E-state index is -0.391. The highest BCUT2D eigenvalue weighted by atomic mass is 16.6. The maximum atomic E-state index is 11.4. The van der Waals surface area contributed by atoms with Crippen LogP contribution in [0.2, 0.25) is 0 Å². The van der Waals surface area contributed by atoms with Gasteiger partial charge in [-0.25, -0.2) is 4.98 Å². The zero-order valence-electron chi connectivity index (χ0n) is 14.7. The Hall–Kier alpha value is -3.41. The molecule has 0 fully saturated rings. The third kappa shape index (κ3) is 2.65. The summed E-state index contributed by atoms with van der Waals surface area (Å²) in [6, 6.07) is 12.7. The number of benzene rings is 2. The summed E-state index contributed by atoms with van der Waals surface area (Å²) < 4.78 is 5.89. The monoisotopic (exact) mass is 347 g/mol. The fourth-order valence-electron chi connectivity index (χ4n) is 3.20. The SMILES string of the molecule is Cc1ccc(-c2ccc(-c3nc4c(C)cc(C)cc4[nH]3)o2)c([N+](=O)[O-])c1. The lowest BCUT2D eigenvalue weighted by Gasteiger charge is -2.01. The van der Waals surface area contributed by atoms with Crippen LogP contribution in [-0.4, -0.2) is 14.9 Å². The molecule has 26 heavy (non-hydrogen) atoms. The van der Waals surface area contributed by atoms with E-state index in [1.807, 2.05) is 32.9 Å². The molecular weight excluding hydrogens is 330 g/mol. The molecule has 0 aliphatic carbocycles. The predicted molar refractivity (Wildman–Crippen MR) is 100 cm³/mol. The number of nitro benzene ring substituents is 1. The lowest BCUT2D eigenvalue weighted by atomic mass is 10.1. The first-order valence-electron chi connectivity index (χ1n) is 8.25. The van der Waals surface area contributed by atoms with E-state index in [2.05, 4.69) is 16.0 Å². The zero-order chi connectivity index (χ0) is 18.4. The highest BCUT2D eigenvalue weighted by molar-refractivity contribution is 5.82. The van der Waals surface area contributed by atoms with Crippen molar-refractivity contribution in [3.8, 4) is 22.9 Å². The molecule has 2 aromatic heterocycles. The Morgan fingerprint density at radius 1 is 1.00 bits per heavy atom. The first kappa shape index (κ1) is 16.1. The minimum absolute atomic E-state index is 0.0296. The van der Waals surface area contributed by atoms with Gasteiger partial charge in [0.15, 0.2) is 11.6 Å². The Balaban J connectivity index is 1.80. The van der Waals surface area contributed by atoms with E-state index in [1.165, 1.54) is 0 Å². The molecule has 6 nitrogen and oxygen atoms in total. The number of nitrogens with zero attached hydrogens (tertiary/aromatic N) is 2. The van der Waals surface area contributed by atoms with Crippen molar-refractivity contribution in [1.29, 1.82) is 0 Å². The molecule has 0 aliphatic heterocycles. The molecule has 130 valence electrons. The first-order chi connectivity index (χ1) is 12.4. The van der Waals surface area contributed by atoms with Crippen molar-refractivity contribution < 1.29 is 9.34 Å². The zero-order valence-corrected chi connectivity index (χ0v) is 14.7. The topological polar surface area (TPSA) is 85.0 Å². The lowest BCUT2D eigenvalue weighted by Crippen LogP contribution is -1.92. The van der Waals surface area contributed by atoms with E-state index in [1.54, 1.807) is 24.3 Å². The van der Waals surface area contributed by atoms with Crippen molar-refractivity contribution in [2.45, 2.75) is 20.8 Å². The van der Waals surface area contributed by atoms with E-state index >= 15 is 0 Å². The lowest BCUT2D eigenvalue weighted by molar-refractivity contribution is -0.384. The van der Waals surface area contributed by atoms with Crippen LogP contribution in [0, 0.1) is 30.9 Å². The number of fused-ring (bicyclic) bond motifs is 1. The number of aromatic amines is 1. The summed E-state index contributed by atoms with van der Waals surface area (Å²) in [5.74, 6) is 1.60. The van der Waals surface area contributed by atoms with Crippen LogP contribution >= 0.6 is 0 Å². The summed E-state index contributed by atoms with van der Waals surface area (Å²) in [5, 5.41) is 11.4. The summed E-state index contributed by atoms with van der Waals surface area (Å²) in [4.78, 5) is 18.9. The van der Waals surface area contributed by atoms with Gasteiger partial charge in [0.2, 0.25) is 0 Å². The molecular formula is C20H17N3O3. The maximum absolute atomic E-state index is 11.4. The van der Waals surface area contributed by atoms with Crippen molar-refractivity contribution >= 4 is 16.7 Å². The summed E-state index contributed by atoms with van der Waals surface area (Å²) in [6.07, 6.45) is 0. The number of aromatic nitrogens is 2. The van der Waals surface area contributed by atoms with E-state index < -0.39 is 4.92 Å². The van der Waals surface area contributed by atoms with Gasteiger partial charge in [0, 0.05) is 6.07 Å². The quantitative estimate of drug-likeness (QED) is 0.401. The largest absolute Gasteiger partial charge is 0.453 e. The fourth-order valence-corrected chi connectivity index (χ4v) is 3.20. The Labute approximate surface area is 149 Å². The van der Waals surface area contributed by atoms with Crippen LogP contribution in [-0.2, 0) is 0 Å². The molecule has 4 aromatic rings. The van der Waals surface area contributed by atoms with Gasteiger partial charge in [-0.3, -0.25) is 10.1 Å². The number of furan rings is 1. The van der Waals surface area contributed by atoms with Gasteiger partial charge in [-0.1, -0.05) is 12.1 Å². The predicted octanol–water partition coefficient (Wildman–Crippen LogP) is 5.32. The molecule has 1 N–H and O–H groups in total. The molecule has 0 aliphatic rings. The highest BCUT2D eigenvalue weighted by Crippen LogP contribution is 2.34. The summed E-state index contributed by atoms with van der Waals surface area (Å²) in [6.45, 7) is 5.88. The van der Waals surface area contributed by atoms with Crippen LogP contribution in [0.15, 0.2) is 46.9 Å². The molecule has 2 heterocycles. The van der Waals surface area contributed by atoms with Crippen molar-refractivity contribution in [2.24, 2.45) is 0 Å². The first-order valence-corrected chi connectivity index (χ1v) is 8.25. The van der Waals surface area contributed by atoms with E-state index in [4.69, 9.17) is 4.42 Å². The minimum Gasteiger partial charge on any atom is -0.453 e. The van der Waals surface area contributed by atoms with Crippen molar-refractivity contribution in [2.75, 3.05) is 0 Å². The van der Waals surface area contributed by atoms with E-state index in [0.29, 0.717) is 22.9 Å². The number of hydrogen-bond acceptors (Lipinski definition) is 4. The maximum Gasteiger partial charge on any atom is 0.280 e. The van der Waals surface area contributed by atoms with Crippen LogP contribution in [0.4, 0.5) is 5.69 Å². The van der Waals surface area contributed by atoms with Gasteiger partial charge in [-0.15, -0.1) is 0 Å². The van der Waals surface area contributed by atoms with Gasteiger partial charge >= 0.3 is 0 Å². The summed E-state index contributed by atoms with van der Waals surface area (Å²) in [7, 11) is 0. The smallest absolute Gasteiger partial charge is 0.280 e. The molecule has 0 atom stereocenters. The van der Waals surface area contributed by atoms with Crippen LogP contribution in [0.25, 0.3) is 33.9 Å². The number of H-pyrrole nitrogens is 1. The molecule has 0 saturated carbocycles. The summed E-state index contributed by atoms with van der Waals surface area (Å²) >= 11 is 0. The van der Waals surface area contributed by atoms with Gasteiger partial charge < -0.3 is 9.40 Å². The molecule has 6 heteroatoms. The van der Waals surface area contributed by atoms with Crippen molar-refractivity contribution in [3.63, 3.8) is 0 Å². The third-order valence-corrected chi connectivity index (χ3v) is 4.38. The molecule has 4 rings (SSSR count). The fraction of sp³-hybridized carbons (Fsp3) is 0.150. The molecule has 0 bridgehead atoms. The van der Waals surface area contributed by atoms with E-state index in [-0.39, 0.29) is 5.69 Å². The molecule has 2 aromatic carbocycles. The van der Waals surface area contributed by atoms with Gasteiger partial charge in [0.1, 0.15) is 5.76 Å². The average molecular weight is 347 g/mol. The van der Waals surface area contributed by atoms with Crippen LogP contribution in [0.5, 0.6) is 0 Å². The second kappa shape index (κ2) is 5.84. The molecule has 0 radical (unpaired) electrons. The molecule has 0 spiro atoms. The Morgan fingerprint density at radius 3 is 2.54 bits per heavy atom. The van der Waals surface area contributed by atoms with Crippen molar-refractivity contribution in [1.82, 2.24) is 9.97 Å². The Kier molecular flexibility index (Phi) is 3.61. The Morgan fingerprint density at radius 2 is 1.77 bits per heavy atom. The molecule has 0 saturated heterocycles. The highest BCUT2D eigenvalue weighted by Gasteiger charge is 2.19. The third-order valence-electron chi connectivity index (χ3n) is 4.38. The second-order valence-electron chi connectivity index (χ2n) is 6.51. The van der Waals surface area contributed by atoms with E-state index in [9.17, 15) is 10.1 Å². The molecule has 0 unspecified atom stereocenters. The normalized spacial score (nSPS) is 11.2. The average Bonchev–Trinajstić information content (AvgIpc) is 3.21. The van der Waals surface area contributed by atoms with Crippen LogP contribution < -0.4 is 0 Å². The Bertz CT molecular complexity index is 1150. The van der Waals surface area contributed by atoms with Gasteiger partial charge in [-0.2, -0.15) is 0 Å². The molecule has 0 amide bonds. The van der Waals surface area contributed by atoms with Gasteiger partial charge in [0.05, 0.1) is 21.5 Å². The van der Waals surface area contributed by atoms with Crippen LogP contribution in [0.1, 0.15) is 16.7 Å². The van der Waals surface area contributed by atoms with Crippen LogP contribution in [0.3, 0.4) is 0 Å². The van der Waals surface area contributed by atoms with Gasteiger partial charge in [-0.05, 0) is 61.7 Å². The number of nitro groups is 1. The van der Waals surface area contributed by atoms with E-state index in [0.717, 1.165) is 27.7 Å². The van der Waals surface area contributed by atoms with Gasteiger partial charge in [0.25, 0.3) is 5.69 Å². The number of nitrogens with one attached hydrogen (secondary N) is 1. The second-order valence-corrected chi connectivity index (χ2v) is 6.51. The standard InChI is InChI=1S/C20H17N3O3/c1-11-4-5-14(16(10-11)23(24)25)17-6-7-18(26-17)20-21-15-9-12(2)8-13(3)19(15)22-20/h4-10H,1-3H3,(H,21,22). The number of rotatable bonds is 3. The number of imidazole rings is 1. The van der Waals surface area contributed by atoms with Crippen molar-refractivity contribution in [3.05, 3.63) is 69.3 Å².